The normalized spacial score (nSPS) is 33.7. The molecule has 1 saturated heterocycles. The molecule has 7 heteroatoms. The van der Waals surface area contributed by atoms with Crippen LogP contribution in [0.3, 0.4) is 0 Å². The Hall–Kier alpha value is -0.910. The minimum atomic E-state index is -3.73. The van der Waals surface area contributed by atoms with Gasteiger partial charge in [-0.25, -0.2) is 8.42 Å². The molecule has 0 aromatic carbocycles. The SMILES string of the molecule is C=CCN=C1C(=O)/C(=C2\C(Cl)=CCCC2Cl)S(=O)(=O)CC1C. The predicted molar refractivity (Wildman–Crippen MR) is 90.3 cm³/mol. The number of carbonyl (C=O) groups excluding carboxylic acids is 1. The lowest BCUT2D eigenvalue weighted by atomic mass is 9.95. The Morgan fingerprint density at radius 2 is 2.18 bits per heavy atom. The first-order valence-electron chi connectivity index (χ1n) is 6.96. The van der Waals surface area contributed by atoms with Crippen molar-refractivity contribution < 1.29 is 13.2 Å². The molecule has 0 aromatic heterocycles. The van der Waals surface area contributed by atoms with Crippen LogP contribution in [0.1, 0.15) is 19.8 Å². The van der Waals surface area contributed by atoms with Crippen LogP contribution >= 0.6 is 23.2 Å². The van der Waals surface area contributed by atoms with Gasteiger partial charge in [0.2, 0.25) is 5.78 Å². The number of carbonyl (C=O) groups is 1. The first kappa shape index (κ1) is 17.4. The van der Waals surface area contributed by atoms with Crippen molar-refractivity contribution in [3.05, 3.63) is 34.2 Å². The van der Waals surface area contributed by atoms with Crippen molar-refractivity contribution in [1.82, 2.24) is 0 Å². The fraction of sp³-hybridized carbons (Fsp3) is 0.467. The van der Waals surface area contributed by atoms with E-state index in [4.69, 9.17) is 23.2 Å². The predicted octanol–water partition coefficient (Wildman–Crippen LogP) is 3.03. The van der Waals surface area contributed by atoms with Gasteiger partial charge in [-0.2, -0.15) is 0 Å². The van der Waals surface area contributed by atoms with Crippen LogP contribution in [0.25, 0.3) is 0 Å². The number of ketones is 1. The summed E-state index contributed by atoms with van der Waals surface area (Å²) in [5, 5.41) is -0.337. The average molecular weight is 362 g/mol. The summed E-state index contributed by atoms with van der Waals surface area (Å²) >= 11 is 12.4. The number of alkyl halides is 1. The summed E-state index contributed by atoms with van der Waals surface area (Å²) in [6.07, 6.45) is 4.46. The van der Waals surface area contributed by atoms with E-state index in [-0.39, 0.29) is 33.5 Å². The van der Waals surface area contributed by atoms with Crippen LogP contribution in [-0.2, 0) is 14.6 Å². The zero-order valence-corrected chi connectivity index (χ0v) is 14.5. The first-order chi connectivity index (χ1) is 10.3. The molecule has 22 heavy (non-hydrogen) atoms. The van der Waals surface area contributed by atoms with E-state index >= 15 is 0 Å². The lowest BCUT2D eigenvalue weighted by Crippen LogP contribution is -2.40. The van der Waals surface area contributed by atoms with Crippen molar-refractivity contribution in [1.29, 1.82) is 0 Å². The molecule has 2 atom stereocenters. The van der Waals surface area contributed by atoms with Crippen LogP contribution in [0.5, 0.6) is 0 Å². The maximum atomic E-state index is 12.7. The smallest absolute Gasteiger partial charge is 0.218 e. The summed E-state index contributed by atoms with van der Waals surface area (Å²) in [6, 6.07) is 0. The van der Waals surface area contributed by atoms with E-state index < -0.39 is 26.9 Å². The Kier molecular flexibility index (Phi) is 5.30. The number of aliphatic imine (C=N–C) groups is 1. The van der Waals surface area contributed by atoms with E-state index in [0.29, 0.717) is 12.8 Å². The summed E-state index contributed by atoms with van der Waals surface area (Å²) in [5.74, 6) is -1.21. The topological polar surface area (TPSA) is 63.6 Å². The molecular formula is C15H17Cl2NO3S. The van der Waals surface area contributed by atoms with Gasteiger partial charge in [-0.3, -0.25) is 9.79 Å². The van der Waals surface area contributed by atoms with Gasteiger partial charge in [0, 0.05) is 16.5 Å². The van der Waals surface area contributed by atoms with Gasteiger partial charge >= 0.3 is 0 Å². The largest absolute Gasteiger partial charge is 0.286 e. The van der Waals surface area contributed by atoms with Crippen LogP contribution in [0, 0.1) is 5.92 Å². The molecule has 0 radical (unpaired) electrons. The third kappa shape index (κ3) is 3.21. The Morgan fingerprint density at radius 3 is 2.77 bits per heavy atom. The first-order valence-corrected chi connectivity index (χ1v) is 9.43. The standard InChI is InChI=1S/C15H17Cl2NO3S/c1-3-7-18-13-9(2)8-22(20,21)15(14(13)19)12-10(16)5-4-6-11(12)17/h3,5,9,11H,1,4,6-8H2,2H3/b15-12-,18-13?. The molecule has 0 aromatic rings. The van der Waals surface area contributed by atoms with Crippen molar-refractivity contribution in [3.63, 3.8) is 0 Å². The van der Waals surface area contributed by atoms with Crippen molar-refractivity contribution >= 4 is 44.5 Å². The fourth-order valence-electron chi connectivity index (χ4n) is 2.66. The van der Waals surface area contributed by atoms with Crippen LogP contribution in [-0.4, -0.2) is 37.6 Å². The molecule has 1 heterocycles. The van der Waals surface area contributed by atoms with E-state index in [1.54, 1.807) is 19.1 Å². The molecule has 1 fully saturated rings. The Balaban J connectivity index is 2.66. The number of sulfone groups is 1. The molecule has 2 rings (SSSR count). The molecule has 120 valence electrons. The van der Waals surface area contributed by atoms with Gasteiger partial charge in [0.25, 0.3) is 0 Å². The van der Waals surface area contributed by atoms with Crippen LogP contribution in [0.15, 0.2) is 39.2 Å². The van der Waals surface area contributed by atoms with Gasteiger partial charge in [0.15, 0.2) is 9.84 Å². The maximum Gasteiger partial charge on any atom is 0.218 e. The highest BCUT2D eigenvalue weighted by atomic mass is 35.5. The van der Waals surface area contributed by atoms with Crippen molar-refractivity contribution in [2.45, 2.75) is 25.1 Å². The second-order valence-electron chi connectivity index (χ2n) is 5.37. The molecule has 2 unspecified atom stereocenters. The van der Waals surface area contributed by atoms with Gasteiger partial charge in [-0.15, -0.1) is 18.2 Å². The quantitative estimate of drug-likeness (QED) is 0.431. The molecule has 2 aliphatic rings. The molecule has 0 saturated carbocycles. The highest BCUT2D eigenvalue weighted by Crippen LogP contribution is 2.38. The summed E-state index contributed by atoms with van der Waals surface area (Å²) < 4.78 is 25.0. The highest BCUT2D eigenvalue weighted by Gasteiger charge is 2.42. The van der Waals surface area contributed by atoms with Crippen molar-refractivity contribution in [3.8, 4) is 0 Å². The lowest BCUT2D eigenvalue weighted by molar-refractivity contribution is -0.109. The van der Waals surface area contributed by atoms with Crippen LogP contribution in [0.2, 0.25) is 0 Å². The number of hydrogen-bond acceptors (Lipinski definition) is 4. The molecular weight excluding hydrogens is 345 g/mol. The van der Waals surface area contributed by atoms with E-state index in [9.17, 15) is 13.2 Å². The Morgan fingerprint density at radius 1 is 1.50 bits per heavy atom. The van der Waals surface area contributed by atoms with E-state index in [1.165, 1.54) is 0 Å². The van der Waals surface area contributed by atoms with E-state index in [0.717, 1.165) is 0 Å². The number of hydrogen-bond donors (Lipinski definition) is 0. The molecule has 1 aliphatic carbocycles. The number of allylic oxidation sites excluding steroid dienone is 4. The molecule has 0 spiro atoms. The zero-order valence-electron chi connectivity index (χ0n) is 12.2. The van der Waals surface area contributed by atoms with Crippen molar-refractivity contribution in [2.75, 3.05) is 12.3 Å². The van der Waals surface area contributed by atoms with Gasteiger partial charge < -0.3 is 0 Å². The average Bonchev–Trinajstić information content (AvgIpc) is 2.41. The van der Waals surface area contributed by atoms with Crippen LogP contribution in [0.4, 0.5) is 0 Å². The third-order valence-corrected chi connectivity index (χ3v) is 6.40. The molecule has 4 nitrogen and oxygen atoms in total. The van der Waals surface area contributed by atoms with Gasteiger partial charge in [-0.05, 0) is 12.8 Å². The summed E-state index contributed by atoms with van der Waals surface area (Å²) in [5.41, 5.74) is 0.467. The van der Waals surface area contributed by atoms with Crippen molar-refractivity contribution in [2.24, 2.45) is 10.9 Å². The minimum absolute atomic E-state index is 0.165. The van der Waals surface area contributed by atoms with Gasteiger partial charge in [0.1, 0.15) is 4.91 Å². The molecule has 0 amide bonds. The minimum Gasteiger partial charge on any atom is -0.286 e. The van der Waals surface area contributed by atoms with E-state index in [1.807, 2.05) is 0 Å². The lowest BCUT2D eigenvalue weighted by Gasteiger charge is -2.27. The summed E-state index contributed by atoms with van der Waals surface area (Å²) in [4.78, 5) is 16.6. The van der Waals surface area contributed by atoms with E-state index in [2.05, 4.69) is 11.6 Å². The summed E-state index contributed by atoms with van der Waals surface area (Å²) in [7, 11) is -3.73. The van der Waals surface area contributed by atoms with Gasteiger partial charge in [-0.1, -0.05) is 30.7 Å². The monoisotopic (exact) mass is 361 g/mol. The third-order valence-electron chi connectivity index (χ3n) is 3.64. The number of rotatable bonds is 2. The Labute approximate surface area is 140 Å². The Bertz CT molecular complexity index is 704. The summed E-state index contributed by atoms with van der Waals surface area (Å²) in [6.45, 7) is 5.50. The second-order valence-corrected chi connectivity index (χ2v) is 8.27. The molecule has 1 aliphatic heterocycles. The highest BCUT2D eigenvalue weighted by molar-refractivity contribution is 7.96. The number of Topliss-reactive ketones (excluding diaryl/α,β-unsaturated/α-hetero) is 1. The zero-order chi connectivity index (χ0) is 16.5. The number of nitrogens with zero attached hydrogens (tertiary/aromatic N) is 1. The number of halogens is 2. The maximum absolute atomic E-state index is 12.7. The van der Waals surface area contributed by atoms with Gasteiger partial charge in [0.05, 0.1) is 23.4 Å². The molecule has 0 bridgehead atoms. The fourth-order valence-corrected chi connectivity index (χ4v) is 5.49. The second kappa shape index (κ2) is 6.69. The van der Waals surface area contributed by atoms with Crippen LogP contribution < -0.4 is 0 Å². The molecule has 0 N–H and O–H groups in total.